The summed E-state index contributed by atoms with van der Waals surface area (Å²) in [6.45, 7) is 4.13. The van der Waals surface area contributed by atoms with Crippen molar-refractivity contribution in [1.82, 2.24) is 15.0 Å². The van der Waals surface area contributed by atoms with Crippen LogP contribution in [-0.2, 0) is 27.0 Å². The highest BCUT2D eigenvalue weighted by Gasteiger charge is 2.30. The Balaban J connectivity index is 1.38. The van der Waals surface area contributed by atoms with E-state index in [2.05, 4.69) is 27.4 Å². The van der Waals surface area contributed by atoms with Crippen molar-refractivity contribution in [2.24, 2.45) is 0 Å². The molecular weight excluding hydrogens is 440 g/mol. The van der Waals surface area contributed by atoms with Gasteiger partial charge in [0, 0.05) is 52.2 Å². The lowest BCUT2D eigenvalue weighted by atomic mass is 10.1. The molecule has 1 saturated heterocycles. The summed E-state index contributed by atoms with van der Waals surface area (Å²) in [4.78, 5) is 28.0. The summed E-state index contributed by atoms with van der Waals surface area (Å²) in [6.07, 6.45) is 3.23. The van der Waals surface area contributed by atoms with Gasteiger partial charge in [-0.2, -0.15) is 0 Å². The Morgan fingerprint density at radius 3 is 2.52 bits per heavy atom. The van der Waals surface area contributed by atoms with Gasteiger partial charge in [0.05, 0.1) is 36.5 Å². The lowest BCUT2D eigenvalue weighted by Crippen LogP contribution is -2.44. The van der Waals surface area contributed by atoms with Gasteiger partial charge >= 0.3 is 6.03 Å². The lowest BCUT2D eigenvalue weighted by Gasteiger charge is -2.35. The smallest absolute Gasteiger partial charge is 0.323 e. The standard InChI is InChI=1S/C23H24N6O3S/c1-15-12-32-11-10-29(15)22-19-13-33(31)14-20(19)27-21(28-22)16-2-4-17(5-3-16)25-23(30)26-18-6-8-24-9-7-18/h2-9,15H,10-14H2,1H3,(H2,24,25,26,30). The molecule has 0 bridgehead atoms. The summed E-state index contributed by atoms with van der Waals surface area (Å²) in [6, 6.07) is 10.7. The number of urea groups is 1. The van der Waals surface area contributed by atoms with Crippen LogP contribution in [0.1, 0.15) is 18.2 Å². The molecule has 3 aromatic rings. The second-order valence-corrected chi connectivity index (χ2v) is 9.49. The summed E-state index contributed by atoms with van der Waals surface area (Å²) in [5.41, 5.74) is 3.98. The zero-order valence-electron chi connectivity index (χ0n) is 18.2. The number of carbonyl (C=O) groups is 1. The van der Waals surface area contributed by atoms with E-state index < -0.39 is 10.8 Å². The van der Waals surface area contributed by atoms with Crippen LogP contribution in [0.5, 0.6) is 0 Å². The zero-order valence-corrected chi connectivity index (χ0v) is 19.0. The van der Waals surface area contributed by atoms with Gasteiger partial charge in [0.15, 0.2) is 5.82 Å². The van der Waals surface area contributed by atoms with E-state index in [9.17, 15) is 9.00 Å². The fourth-order valence-corrected chi connectivity index (χ4v) is 5.25. The van der Waals surface area contributed by atoms with E-state index in [1.54, 1.807) is 24.5 Å². The van der Waals surface area contributed by atoms with Crippen molar-refractivity contribution in [1.29, 1.82) is 0 Å². The third-order valence-electron chi connectivity index (χ3n) is 5.65. The number of carbonyl (C=O) groups excluding carboxylic acids is 1. The molecule has 10 heteroatoms. The molecule has 170 valence electrons. The minimum Gasteiger partial charge on any atom is -0.377 e. The summed E-state index contributed by atoms with van der Waals surface area (Å²) >= 11 is 0. The van der Waals surface area contributed by atoms with Gasteiger partial charge in [-0.25, -0.2) is 14.8 Å². The van der Waals surface area contributed by atoms with Gasteiger partial charge in [0.25, 0.3) is 0 Å². The Bertz CT molecular complexity index is 1190. The molecular formula is C23H24N6O3S. The average molecular weight is 465 g/mol. The van der Waals surface area contributed by atoms with E-state index in [0.717, 1.165) is 29.2 Å². The van der Waals surface area contributed by atoms with Crippen LogP contribution in [0, 0.1) is 0 Å². The largest absolute Gasteiger partial charge is 0.377 e. The molecule has 2 aromatic heterocycles. The van der Waals surface area contributed by atoms with Crippen LogP contribution in [0.25, 0.3) is 11.4 Å². The van der Waals surface area contributed by atoms with E-state index in [4.69, 9.17) is 14.7 Å². The molecule has 0 radical (unpaired) electrons. The summed E-state index contributed by atoms with van der Waals surface area (Å²) in [5.74, 6) is 2.39. The molecule has 2 amide bonds. The Morgan fingerprint density at radius 2 is 1.79 bits per heavy atom. The van der Waals surface area contributed by atoms with Gasteiger partial charge in [-0.3, -0.25) is 9.19 Å². The van der Waals surface area contributed by atoms with Gasteiger partial charge in [-0.05, 0) is 43.3 Å². The molecule has 1 aromatic carbocycles. The molecule has 5 rings (SSSR count). The highest BCUT2D eigenvalue weighted by atomic mass is 32.2. The number of nitrogens with one attached hydrogen (secondary N) is 2. The van der Waals surface area contributed by atoms with Crippen LogP contribution in [-0.4, -0.2) is 51.0 Å². The van der Waals surface area contributed by atoms with E-state index in [-0.39, 0.29) is 12.1 Å². The van der Waals surface area contributed by atoms with Crippen molar-refractivity contribution >= 4 is 34.0 Å². The van der Waals surface area contributed by atoms with E-state index in [1.165, 1.54) is 0 Å². The fraction of sp³-hybridized carbons (Fsp3) is 0.304. The van der Waals surface area contributed by atoms with Crippen molar-refractivity contribution in [2.45, 2.75) is 24.5 Å². The number of nitrogens with zero attached hydrogens (tertiary/aromatic N) is 4. The van der Waals surface area contributed by atoms with Crippen LogP contribution in [0.15, 0.2) is 48.8 Å². The van der Waals surface area contributed by atoms with Gasteiger partial charge in [-0.15, -0.1) is 0 Å². The molecule has 2 aliphatic rings. The van der Waals surface area contributed by atoms with E-state index in [1.807, 2.05) is 24.3 Å². The molecule has 9 nitrogen and oxygen atoms in total. The van der Waals surface area contributed by atoms with Gasteiger partial charge in [-0.1, -0.05) is 0 Å². The normalized spacial score (nSPS) is 19.7. The minimum atomic E-state index is -0.956. The second-order valence-electron chi connectivity index (χ2n) is 8.03. The van der Waals surface area contributed by atoms with Crippen molar-refractivity contribution in [3.63, 3.8) is 0 Å². The highest BCUT2D eigenvalue weighted by Crippen LogP contribution is 2.33. The summed E-state index contributed by atoms with van der Waals surface area (Å²) in [7, 11) is -0.956. The topological polar surface area (TPSA) is 109 Å². The predicted molar refractivity (Wildman–Crippen MR) is 128 cm³/mol. The Kier molecular flexibility index (Phi) is 6.01. The molecule has 2 N–H and O–H groups in total. The number of amides is 2. The molecule has 33 heavy (non-hydrogen) atoms. The molecule has 0 spiro atoms. The van der Waals surface area contributed by atoms with Gasteiger partial charge in [0.2, 0.25) is 0 Å². The summed E-state index contributed by atoms with van der Waals surface area (Å²) in [5, 5.41) is 5.57. The first-order valence-electron chi connectivity index (χ1n) is 10.7. The van der Waals surface area contributed by atoms with E-state index >= 15 is 0 Å². The molecule has 0 saturated carbocycles. The molecule has 1 fully saturated rings. The molecule has 2 aliphatic heterocycles. The number of fused-ring (bicyclic) bond motifs is 1. The second kappa shape index (κ2) is 9.24. The van der Waals surface area contributed by atoms with Crippen LogP contribution >= 0.6 is 0 Å². The lowest BCUT2D eigenvalue weighted by molar-refractivity contribution is 0.0984. The molecule has 4 heterocycles. The Morgan fingerprint density at radius 1 is 1.06 bits per heavy atom. The number of rotatable bonds is 4. The molecule has 2 unspecified atom stereocenters. The third-order valence-corrected chi connectivity index (χ3v) is 6.86. The van der Waals surface area contributed by atoms with Crippen molar-refractivity contribution in [3.8, 4) is 11.4 Å². The first-order chi connectivity index (χ1) is 16.1. The number of benzene rings is 1. The number of hydrogen-bond acceptors (Lipinski definition) is 7. The van der Waals surface area contributed by atoms with Crippen molar-refractivity contribution in [3.05, 3.63) is 60.0 Å². The Hall–Kier alpha value is -3.37. The monoisotopic (exact) mass is 464 g/mol. The van der Waals surface area contributed by atoms with Crippen LogP contribution < -0.4 is 15.5 Å². The highest BCUT2D eigenvalue weighted by molar-refractivity contribution is 7.83. The van der Waals surface area contributed by atoms with Crippen LogP contribution in [0.2, 0.25) is 0 Å². The average Bonchev–Trinajstić information content (AvgIpc) is 3.20. The van der Waals surface area contributed by atoms with Crippen LogP contribution in [0.3, 0.4) is 0 Å². The summed E-state index contributed by atoms with van der Waals surface area (Å²) < 4.78 is 17.9. The third kappa shape index (κ3) is 4.71. The maximum absolute atomic E-state index is 12.3. The number of ether oxygens (including phenoxy) is 1. The SMILES string of the molecule is CC1COCCN1c1nc(-c2ccc(NC(=O)Nc3ccncc3)cc2)nc2c1CS(=O)C2. The van der Waals surface area contributed by atoms with Crippen LogP contribution in [0.4, 0.5) is 22.0 Å². The van der Waals surface area contributed by atoms with Crippen molar-refractivity contribution < 1.29 is 13.7 Å². The predicted octanol–water partition coefficient (Wildman–Crippen LogP) is 3.17. The van der Waals surface area contributed by atoms with E-state index in [0.29, 0.717) is 41.9 Å². The first kappa shape index (κ1) is 21.5. The molecule has 0 aliphatic carbocycles. The first-order valence-corrected chi connectivity index (χ1v) is 12.2. The number of aromatic nitrogens is 3. The maximum Gasteiger partial charge on any atom is 0.323 e. The number of morpholine rings is 1. The minimum absolute atomic E-state index is 0.185. The quantitative estimate of drug-likeness (QED) is 0.610. The maximum atomic E-state index is 12.3. The Labute approximate surface area is 194 Å². The zero-order chi connectivity index (χ0) is 22.8. The number of anilines is 3. The molecule has 2 atom stereocenters. The fourth-order valence-electron chi connectivity index (χ4n) is 3.99. The number of hydrogen-bond donors (Lipinski definition) is 2. The van der Waals surface area contributed by atoms with Crippen molar-refractivity contribution in [2.75, 3.05) is 35.3 Å². The van der Waals surface area contributed by atoms with Gasteiger partial charge < -0.3 is 20.3 Å². The van der Waals surface area contributed by atoms with Gasteiger partial charge in [0.1, 0.15) is 5.82 Å². The number of pyridine rings is 1.